The van der Waals surface area contributed by atoms with Crippen molar-refractivity contribution in [3.63, 3.8) is 0 Å². The number of hydrogen-bond acceptors (Lipinski definition) is 4. The number of nitrogens with zero attached hydrogens (tertiary/aromatic N) is 1. The second-order valence-electron chi connectivity index (χ2n) is 6.07. The monoisotopic (exact) mass is 358 g/mol. The van der Waals surface area contributed by atoms with E-state index in [-0.39, 0.29) is 17.9 Å². The summed E-state index contributed by atoms with van der Waals surface area (Å²) in [6.07, 6.45) is 2.93. The Morgan fingerprint density at radius 3 is 2.52 bits per heavy atom. The van der Waals surface area contributed by atoms with Gasteiger partial charge in [0, 0.05) is 29.9 Å². The van der Waals surface area contributed by atoms with Gasteiger partial charge in [0.05, 0.1) is 0 Å². The van der Waals surface area contributed by atoms with E-state index in [1.54, 1.807) is 6.07 Å². The lowest BCUT2D eigenvalue weighted by Gasteiger charge is -2.30. The molecule has 1 aromatic rings. The van der Waals surface area contributed by atoms with Gasteiger partial charge in [-0.25, -0.2) is 8.42 Å². The van der Waals surface area contributed by atoms with E-state index in [9.17, 15) is 13.2 Å². The first-order valence-electron chi connectivity index (χ1n) is 8.27. The molecule has 1 atom stereocenters. The maximum absolute atomic E-state index is 12.7. The highest BCUT2D eigenvalue weighted by Gasteiger charge is 2.33. The Morgan fingerprint density at radius 2 is 2.00 bits per heavy atom. The Hall–Kier alpha value is -0.920. The number of amides is 1. The quantitative estimate of drug-likeness (QED) is 0.850. The maximum atomic E-state index is 12.7. The Bertz CT molecular complexity index is 632. The topological polar surface area (TPSA) is 66.5 Å². The average molecular weight is 359 g/mol. The van der Waals surface area contributed by atoms with Crippen molar-refractivity contribution in [2.24, 2.45) is 5.92 Å². The molecule has 2 rings (SSSR count). The summed E-state index contributed by atoms with van der Waals surface area (Å²) in [5, 5.41) is 2.99. The summed E-state index contributed by atoms with van der Waals surface area (Å²) in [5.41, 5.74) is 0. The zero-order valence-corrected chi connectivity index (χ0v) is 15.7. The van der Waals surface area contributed by atoms with Gasteiger partial charge >= 0.3 is 0 Å². The van der Waals surface area contributed by atoms with Crippen LogP contribution in [0.2, 0.25) is 0 Å². The fraction of sp³-hybridized carbons (Fsp3) is 0.688. The van der Waals surface area contributed by atoms with Crippen molar-refractivity contribution < 1.29 is 13.2 Å². The molecule has 5 nitrogen and oxygen atoms in total. The molecule has 1 aliphatic heterocycles. The highest BCUT2D eigenvalue weighted by Crippen LogP contribution is 2.28. The molecule has 0 aromatic carbocycles. The average Bonchev–Trinajstić information content (AvgIpc) is 3.04. The Labute approximate surface area is 143 Å². The molecule has 7 heteroatoms. The van der Waals surface area contributed by atoms with Crippen LogP contribution in [0.3, 0.4) is 0 Å². The zero-order valence-electron chi connectivity index (χ0n) is 14.0. The van der Waals surface area contributed by atoms with Gasteiger partial charge in [-0.15, -0.1) is 11.3 Å². The molecule has 0 bridgehead atoms. The summed E-state index contributed by atoms with van der Waals surface area (Å²) in [6.45, 7) is 6.87. The first-order chi connectivity index (χ1) is 10.9. The third kappa shape index (κ3) is 4.33. The lowest BCUT2D eigenvalue weighted by molar-refractivity contribution is -0.126. The van der Waals surface area contributed by atoms with Crippen molar-refractivity contribution in [3.05, 3.63) is 17.0 Å². The Morgan fingerprint density at radius 1 is 1.35 bits per heavy atom. The van der Waals surface area contributed by atoms with Gasteiger partial charge in [-0.05, 0) is 44.7 Å². The minimum atomic E-state index is -3.41. The fourth-order valence-corrected chi connectivity index (χ4v) is 5.55. The second-order valence-corrected chi connectivity index (χ2v) is 9.40. The van der Waals surface area contributed by atoms with Gasteiger partial charge in [0.2, 0.25) is 5.91 Å². The predicted octanol–water partition coefficient (Wildman–Crippen LogP) is 2.63. The number of carbonyl (C=O) groups excluding carboxylic acids is 1. The molecule has 1 unspecified atom stereocenters. The summed E-state index contributed by atoms with van der Waals surface area (Å²) >= 11 is 1.34. The molecule has 130 valence electrons. The number of nitrogens with one attached hydrogen (secondary N) is 1. The summed E-state index contributed by atoms with van der Waals surface area (Å²) < 4.78 is 27.2. The normalized spacial score (nSPS) is 18.7. The summed E-state index contributed by atoms with van der Waals surface area (Å²) in [4.78, 5) is 13.2. The van der Waals surface area contributed by atoms with Gasteiger partial charge in [0.1, 0.15) is 4.21 Å². The SMILES string of the molecule is CCc1ccc(S(=O)(=O)N2CCC(C(=O)NC(C)CC)CC2)s1. The maximum Gasteiger partial charge on any atom is 0.252 e. The molecule has 0 spiro atoms. The van der Waals surface area contributed by atoms with Gasteiger partial charge in [0.15, 0.2) is 0 Å². The minimum absolute atomic E-state index is 0.0563. The van der Waals surface area contributed by atoms with Crippen molar-refractivity contribution in [2.75, 3.05) is 13.1 Å². The number of hydrogen-bond donors (Lipinski definition) is 1. The zero-order chi connectivity index (χ0) is 17.0. The van der Waals surface area contributed by atoms with E-state index in [1.807, 2.05) is 26.8 Å². The molecule has 23 heavy (non-hydrogen) atoms. The van der Waals surface area contributed by atoms with E-state index in [1.165, 1.54) is 15.6 Å². The number of piperidine rings is 1. The van der Waals surface area contributed by atoms with Crippen LogP contribution >= 0.6 is 11.3 Å². The molecule has 1 N–H and O–H groups in total. The van der Waals surface area contributed by atoms with Gasteiger partial charge in [-0.2, -0.15) is 4.31 Å². The summed E-state index contributed by atoms with van der Waals surface area (Å²) in [7, 11) is -3.41. The molecule has 0 aliphatic carbocycles. The number of thiophene rings is 1. The van der Waals surface area contributed by atoms with Crippen LogP contribution in [0.1, 0.15) is 44.9 Å². The predicted molar refractivity (Wildman–Crippen MR) is 93.1 cm³/mol. The highest BCUT2D eigenvalue weighted by molar-refractivity contribution is 7.91. The Balaban J connectivity index is 1.97. The van der Waals surface area contributed by atoms with Gasteiger partial charge in [-0.3, -0.25) is 4.79 Å². The van der Waals surface area contributed by atoms with Crippen molar-refractivity contribution in [3.8, 4) is 0 Å². The number of rotatable bonds is 6. The van der Waals surface area contributed by atoms with E-state index < -0.39 is 10.0 Å². The molecule has 0 saturated carbocycles. The van der Waals surface area contributed by atoms with Crippen LogP contribution in [0, 0.1) is 5.92 Å². The molecule has 1 aromatic heterocycles. The van der Waals surface area contributed by atoms with Crippen molar-refractivity contribution in [1.29, 1.82) is 0 Å². The lowest BCUT2D eigenvalue weighted by atomic mass is 9.97. The first kappa shape index (κ1) is 18.4. The highest BCUT2D eigenvalue weighted by atomic mass is 32.2. The van der Waals surface area contributed by atoms with Crippen molar-refractivity contribution in [1.82, 2.24) is 9.62 Å². The Kier molecular flexibility index (Phi) is 6.22. The van der Waals surface area contributed by atoms with Crippen LogP contribution < -0.4 is 5.32 Å². The van der Waals surface area contributed by atoms with E-state index in [4.69, 9.17) is 0 Å². The van der Waals surface area contributed by atoms with Crippen LogP contribution in [-0.2, 0) is 21.2 Å². The smallest absolute Gasteiger partial charge is 0.252 e. The minimum Gasteiger partial charge on any atom is -0.353 e. The largest absolute Gasteiger partial charge is 0.353 e. The van der Waals surface area contributed by atoms with E-state index in [2.05, 4.69) is 5.32 Å². The second kappa shape index (κ2) is 7.77. The van der Waals surface area contributed by atoms with Gasteiger partial charge < -0.3 is 5.32 Å². The van der Waals surface area contributed by atoms with Crippen molar-refractivity contribution in [2.45, 2.75) is 56.7 Å². The number of aryl methyl sites for hydroxylation is 1. The summed E-state index contributed by atoms with van der Waals surface area (Å²) in [5.74, 6) is -0.0224. The molecule has 2 heterocycles. The standard InChI is InChI=1S/C16H26N2O3S2/c1-4-12(3)17-16(19)13-8-10-18(11-9-13)23(20,21)15-7-6-14(5-2)22-15/h6-7,12-13H,4-5,8-11H2,1-3H3,(H,17,19). The fourth-order valence-electron chi connectivity index (χ4n) is 2.64. The molecule has 0 radical (unpaired) electrons. The van der Waals surface area contributed by atoms with Gasteiger partial charge in [-0.1, -0.05) is 13.8 Å². The summed E-state index contributed by atoms with van der Waals surface area (Å²) in [6, 6.07) is 3.74. The van der Waals surface area contributed by atoms with E-state index >= 15 is 0 Å². The van der Waals surface area contributed by atoms with Crippen LogP contribution in [0.15, 0.2) is 16.3 Å². The van der Waals surface area contributed by atoms with Gasteiger partial charge in [0.25, 0.3) is 10.0 Å². The first-order valence-corrected chi connectivity index (χ1v) is 10.5. The lowest BCUT2D eigenvalue weighted by Crippen LogP contribution is -2.44. The molecule has 1 amide bonds. The van der Waals surface area contributed by atoms with Crippen LogP contribution in [0.4, 0.5) is 0 Å². The number of carbonyl (C=O) groups is 1. The van der Waals surface area contributed by atoms with Crippen LogP contribution in [0.5, 0.6) is 0 Å². The molecule has 1 aliphatic rings. The van der Waals surface area contributed by atoms with Crippen LogP contribution in [-0.4, -0.2) is 37.8 Å². The van der Waals surface area contributed by atoms with Crippen molar-refractivity contribution >= 4 is 27.3 Å². The molecule has 1 fully saturated rings. The molecule has 1 saturated heterocycles. The van der Waals surface area contributed by atoms with Crippen LogP contribution in [0.25, 0.3) is 0 Å². The number of sulfonamides is 1. The molecular weight excluding hydrogens is 332 g/mol. The van der Waals surface area contributed by atoms with E-state index in [0.717, 1.165) is 17.7 Å². The molecular formula is C16H26N2O3S2. The van der Waals surface area contributed by atoms with E-state index in [0.29, 0.717) is 30.1 Å². The third-order valence-corrected chi connectivity index (χ3v) is 8.00. The third-order valence-electron chi connectivity index (χ3n) is 4.41.